The average Bonchev–Trinajstić information content (AvgIpc) is 2.74. The molecule has 84 valence electrons. The molecule has 0 saturated carbocycles. The number of aryl methyl sites for hydroxylation is 2. The van der Waals surface area contributed by atoms with Crippen molar-refractivity contribution in [2.45, 2.75) is 12.8 Å². The van der Waals surface area contributed by atoms with Gasteiger partial charge in [0.25, 0.3) is 0 Å². The third-order valence-corrected chi connectivity index (χ3v) is 3.34. The number of carbonyl (C=O) groups is 1. The molecule has 0 atom stereocenters. The summed E-state index contributed by atoms with van der Waals surface area (Å²) in [6.45, 7) is 0. The van der Waals surface area contributed by atoms with Gasteiger partial charge in [0.05, 0.1) is 0 Å². The quantitative estimate of drug-likeness (QED) is 0.781. The van der Waals surface area contributed by atoms with Crippen molar-refractivity contribution in [1.29, 1.82) is 0 Å². The minimum Gasteiger partial charge on any atom is -0.366 e. The lowest BCUT2D eigenvalue weighted by Crippen LogP contribution is -2.05. The molecular formula is C15H13NO. The highest BCUT2D eigenvalue weighted by Crippen LogP contribution is 2.33. The van der Waals surface area contributed by atoms with Gasteiger partial charge in [0.1, 0.15) is 0 Å². The Labute approximate surface area is 99.7 Å². The van der Waals surface area contributed by atoms with Gasteiger partial charge in [-0.1, -0.05) is 30.3 Å². The molecule has 0 fully saturated rings. The topological polar surface area (TPSA) is 43.1 Å². The van der Waals surface area contributed by atoms with E-state index in [9.17, 15) is 4.79 Å². The summed E-state index contributed by atoms with van der Waals surface area (Å²) >= 11 is 0. The van der Waals surface area contributed by atoms with Gasteiger partial charge in [0, 0.05) is 6.08 Å². The molecule has 2 heteroatoms. The molecule has 2 nitrogen and oxygen atoms in total. The molecule has 17 heavy (non-hydrogen) atoms. The van der Waals surface area contributed by atoms with Crippen molar-refractivity contribution in [2.24, 2.45) is 5.73 Å². The summed E-state index contributed by atoms with van der Waals surface area (Å²) in [6, 6.07) is 10.6. The van der Waals surface area contributed by atoms with Crippen LogP contribution >= 0.6 is 0 Å². The van der Waals surface area contributed by atoms with E-state index in [-0.39, 0.29) is 0 Å². The van der Waals surface area contributed by atoms with E-state index in [0.29, 0.717) is 0 Å². The Balaban J connectivity index is 2.25. The lowest BCUT2D eigenvalue weighted by atomic mass is 10.00. The number of benzene rings is 2. The van der Waals surface area contributed by atoms with Crippen molar-refractivity contribution < 1.29 is 4.79 Å². The van der Waals surface area contributed by atoms with E-state index in [0.717, 1.165) is 18.4 Å². The molecule has 0 aromatic heterocycles. The van der Waals surface area contributed by atoms with Crippen LogP contribution in [0, 0.1) is 0 Å². The fourth-order valence-electron chi connectivity index (χ4n) is 2.59. The third-order valence-electron chi connectivity index (χ3n) is 3.34. The van der Waals surface area contributed by atoms with Crippen LogP contribution in [0.1, 0.15) is 16.7 Å². The summed E-state index contributed by atoms with van der Waals surface area (Å²) in [5, 5.41) is 2.58. The lowest BCUT2D eigenvalue weighted by Gasteiger charge is -2.05. The molecule has 0 saturated heterocycles. The first-order valence-corrected chi connectivity index (χ1v) is 5.77. The molecule has 1 amide bonds. The SMILES string of the molecule is NC(=O)C=Cc1ccc2c3c(cccc13)CC2. The van der Waals surface area contributed by atoms with Crippen LogP contribution in [-0.4, -0.2) is 5.91 Å². The summed E-state index contributed by atoms with van der Waals surface area (Å²) in [6.07, 6.45) is 5.45. The van der Waals surface area contributed by atoms with Crippen LogP contribution in [-0.2, 0) is 17.6 Å². The standard InChI is InChI=1S/C15H13NO/c16-14(17)9-8-10-4-5-12-7-6-11-2-1-3-13(10)15(11)12/h1-5,8-9H,6-7H2,(H2,16,17). The summed E-state index contributed by atoms with van der Waals surface area (Å²) in [5.74, 6) is -0.409. The predicted molar refractivity (Wildman–Crippen MR) is 69.6 cm³/mol. The van der Waals surface area contributed by atoms with E-state index >= 15 is 0 Å². The van der Waals surface area contributed by atoms with Gasteiger partial charge in [0.2, 0.25) is 5.91 Å². The molecule has 3 rings (SSSR count). The number of primary amides is 1. The molecular weight excluding hydrogens is 210 g/mol. The van der Waals surface area contributed by atoms with E-state index < -0.39 is 5.91 Å². The Morgan fingerprint density at radius 3 is 2.65 bits per heavy atom. The first-order chi connectivity index (χ1) is 8.25. The summed E-state index contributed by atoms with van der Waals surface area (Å²) < 4.78 is 0. The monoisotopic (exact) mass is 223 g/mol. The molecule has 0 radical (unpaired) electrons. The van der Waals surface area contributed by atoms with Crippen LogP contribution in [0.15, 0.2) is 36.4 Å². The average molecular weight is 223 g/mol. The van der Waals surface area contributed by atoms with Crippen molar-refractivity contribution in [3.8, 4) is 0 Å². The summed E-state index contributed by atoms with van der Waals surface area (Å²) in [5.41, 5.74) is 9.01. The smallest absolute Gasteiger partial charge is 0.241 e. The Bertz CT molecular complexity index is 630. The molecule has 0 bridgehead atoms. The Kier molecular flexibility index (Phi) is 2.22. The summed E-state index contributed by atoms with van der Waals surface area (Å²) in [4.78, 5) is 10.8. The number of hydrogen-bond acceptors (Lipinski definition) is 1. The molecule has 2 aromatic rings. The van der Waals surface area contributed by atoms with E-state index in [4.69, 9.17) is 5.73 Å². The Morgan fingerprint density at radius 1 is 1.12 bits per heavy atom. The van der Waals surface area contributed by atoms with Crippen molar-refractivity contribution in [1.82, 2.24) is 0 Å². The van der Waals surface area contributed by atoms with Crippen LogP contribution in [0.25, 0.3) is 16.8 Å². The summed E-state index contributed by atoms with van der Waals surface area (Å²) in [7, 11) is 0. The van der Waals surface area contributed by atoms with E-state index in [1.54, 1.807) is 6.08 Å². The zero-order chi connectivity index (χ0) is 11.8. The number of amides is 1. The molecule has 1 aliphatic carbocycles. The van der Waals surface area contributed by atoms with E-state index in [2.05, 4.69) is 30.3 Å². The maximum atomic E-state index is 10.8. The number of rotatable bonds is 2. The van der Waals surface area contributed by atoms with Gasteiger partial charge in [-0.3, -0.25) is 4.79 Å². The zero-order valence-electron chi connectivity index (χ0n) is 9.44. The van der Waals surface area contributed by atoms with Crippen LogP contribution in [0.4, 0.5) is 0 Å². The number of carbonyl (C=O) groups excluding carboxylic acids is 1. The van der Waals surface area contributed by atoms with Gasteiger partial charge in [-0.15, -0.1) is 0 Å². The molecule has 0 spiro atoms. The number of nitrogens with two attached hydrogens (primary N) is 1. The van der Waals surface area contributed by atoms with Gasteiger partial charge in [0.15, 0.2) is 0 Å². The second-order valence-corrected chi connectivity index (χ2v) is 4.39. The van der Waals surface area contributed by atoms with E-state index in [1.807, 2.05) is 0 Å². The second kappa shape index (κ2) is 3.74. The van der Waals surface area contributed by atoms with Gasteiger partial charge in [-0.2, -0.15) is 0 Å². The first-order valence-electron chi connectivity index (χ1n) is 5.77. The minimum atomic E-state index is -0.409. The van der Waals surface area contributed by atoms with Gasteiger partial charge in [-0.25, -0.2) is 0 Å². The minimum absolute atomic E-state index is 0.409. The molecule has 0 unspecified atom stereocenters. The van der Waals surface area contributed by atoms with Gasteiger partial charge in [-0.05, 0) is 46.4 Å². The fraction of sp³-hybridized carbons (Fsp3) is 0.133. The van der Waals surface area contributed by atoms with Crippen molar-refractivity contribution >= 4 is 22.8 Å². The molecule has 0 aliphatic heterocycles. The fourth-order valence-corrected chi connectivity index (χ4v) is 2.59. The van der Waals surface area contributed by atoms with Crippen molar-refractivity contribution in [3.05, 3.63) is 53.1 Å². The van der Waals surface area contributed by atoms with Gasteiger partial charge < -0.3 is 5.73 Å². The van der Waals surface area contributed by atoms with Crippen LogP contribution in [0.2, 0.25) is 0 Å². The predicted octanol–water partition coefficient (Wildman–Crippen LogP) is 2.44. The maximum absolute atomic E-state index is 10.8. The highest BCUT2D eigenvalue weighted by Gasteiger charge is 2.14. The van der Waals surface area contributed by atoms with Crippen molar-refractivity contribution in [2.75, 3.05) is 0 Å². The third kappa shape index (κ3) is 1.62. The van der Waals surface area contributed by atoms with Crippen molar-refractivity contribution in [3.63, 3.8) is 0 Å². The highest BCUT2D eigenvalue weighted by molar-refractivity contribution is 5.99. The normalized spacial score (nSPS) is 13.6. The van der Waals surface area contributed by atoms with Crippen LogP contribution in [0.3, 0.4) is 0 Å². The Morgan fingerprint density at radius 2 is 1.88 bits per heavy atom. The first kappa shape index (κ1) is 10.1. The van der Waals surface area contributed by atoms with Crippen LogP contribution < -0.4 is 5.73 Å². The van der Waals surface area contributed by atoms with E-state index in [1.165, 1.54) is 28.0 Å². The maximum Gasteiger partial charge on any atom is 0.241 e. The Hall–Kier alpha value is -2.09. The molecule has 1 aliphatic rings. The molecule has 2 N–H and O–H groups in total. The molecule has 2 aromatic carbocycles. The zero-order valence-corrected chi connectivity index (χ0v) is 9.44. The highest BCUT2D eigenvalue weighted by atomic mass is 16.1. The molecule has 0 heterocycles. The van der Waals surface area contributed by atoms with Crippen LogP contribution in [0.5, 0.6) is 0 Å². The second-order valence-electron chi connectivity index (χ2n) is 4.39. The van der Waals surface area contributed by atoms with Gasteiger partial charge >= 0.3 is 0 Å². The largest absolute Gasteiger partial charge is 0.366 e. The number of hydrogen-bond donors (Lipinski definition) is 1. The lowest BCUT2D eigenvalue weighted by molar-refractivity contribution is -0.113.